The monoisotopic (exact) mass is 531 g/mol. The average Bonchev–Trinajstić information content (AvgIpc) is 2.64. The van der Waals surface area contributed by atoms with E-state index in [1.165, 1.54) is 49.7 Å². The average molecular weight is 533 g/mol. The van der Waals surface area contributed by atoms with E-state index in [9.17, 15) is 0 Å². The lowest BCUT2D eigenvalue weighted by Crippen LogP contribution is -2.63. The van der Waals surface area contributed by atoms with Gasteiger partial charge in [-0.1, -0.05) is 44.2 Å². The third-order valence-electron chi connectivity index (χ3n) is 7.58. The topological polar surface area (TPSA) is 21.3 Å². The lowest BCUT2D eigenvalue weighted by atomic mass is 9.43. The van der Waals surface area contributed by atoms with Crippen molar-refractivity contribution in [1.29, 1.82) is 0 Å². The molecule has 4 fully saturated rings. The van der Waals surface area contributed by atoms with Crippen molar-refractivity contribution in [2.75, 3.05) is 0 Å². The van der Waals surface area contributed by atoms with Crippen molar-refractivity contribution in [3.63, 3.8) is 0 Å². The number of nitrogens with one attached hydrogen (secondary N) is 1. The first-order valence-corrected chi connectivity index (χ1v) is 12.7. The number of ether oxygens (including phenoxy) is 1. The molecule has 1 N–H and O–H groups in total. The standard InChI is InChI=1S/C26H31Br2NO/c1-24-10-20-11-25(2,15-24)17-26(12-20,16-24)29-13-19-8-21(27)23(22(28)9-19)30-14-18-6-4-3-5-7-18/h3-9,20,29H,10-17H2,1-2H3. The Morgan fingerprint density at radius 1 is 0.900 bits per heavy atom. The van der Waals surface area contributed by atoms with Crippen LogP contribution in [-0.4, -0.2) is 5.54 Å². The van der Waals surface area contributed by atoms with Crippen LogP contribution in [-0.2, 0) is 13.2 Å². The highest BCUT2D eigenvalue weighted by Gasteiger charge is 2.59. The summed E-state index contributed by atoms with van der Waals surface area (Å²) >= 11 is 7.48. The van der Waals surface area contributed by atoms with Crippen molar-refractivity contribution in [3.8, 4) is 5.75 Å². The van der Waals surface area contributed by atoms with E-state index in [1.807, 2.05) is 18.2 Å². The highest BCUT2D eigenvalue weighted by Crippen LogP contribution is 2.66. The van der Waals surface area contributed by atoms with Gasteiger partial charge in [-0.05, 0) is 110 Å². The van der Waals surface area contributed by atoms with Crippen molar-refractivity contribution in [1.82, 2.24) is 5.32 Å². The number of hydrogen-bond donors (Lipinski definition) is 1. The predicted molar refractivity (Wildman–Crippen MR) is 130 cm³/mol. The number of halogens is 2. The smallest absolute Gasteiger partial charge is 0.148 e. The fourth-order valence-electron chi connectivity index (χ4n) is 7.52. The van der Waals surface area contributed by atoms with Gasteiger partial charge in [0.15, 0.2) is 0 Å². The van der Waals surface area contributed by atoms with Gasteiger partial charge in [0.2, 0.25) is 0 Å². The molecule has 160 valence electrons. The van der Waals surface area contributed by atoms with Crippen LogP contribution in [0.2, 0.25) is 0 Å². The molecule has 4 aliphatic carbocycles. The number of benzene rings is 2. The molecule has 4 heteroatoms. The molecular weight excluding hydrogens is 502 g/mol. The van der Waals surface area contributed by atoms with E-state index in [1.54, 1.807) is 0 Å². The Bertz CT molecular complexity index is 902. The minimum Gasteiger partial charge on any atom is -0.487 e. The van der Waals surface area contributed by atoms with Crippen molar-refractivity contribution < 1.29 is 4.74 Å². The molecule has 0 aromatic heterocycles. The summed E-state index contributed by atoms with van der Waals surface area (Å²) in [5.41, 5.74) is 3.87. The van der Waals surface area contributed by atoms with Crippen LogP contribution in [0.25, 0.3) is 0 Å². The lowest BCUT2D eigenvalue weighted by molar-refractivity contribution is -0.118. The SMILES string of the molecule is CC12CC3CC(C)(C1)CC(NCc1cc(Br)c(OCc4ccccc4)c(Br)c1)(C3)C2. The summed E-state index contributed by atoms with van der Waals surface area (Å²) in [5.74, 6) is 1.79. The molecule has 30 heavy (non-hydrogen) atoms. The largest absolute Gasteiger partial charge is 0.487 e. The maximum Gasteiger partial charge on any atom is 0.148 e. The highest BCUT2D eigenvalue weighted by atomic mass is 79.9. The van der Waals surface area contributed by atoms with Gasteiger partial charge < -0.3 is 10.1 Å². The number of hydrogen-bond acceptors (Lipinski definition) is 2. The van der Waals surface area contributed by atoms with Crippen LogP contribution in [0, 0.1) is 16.7 Å². The van der Waals surface area contributed by atoms with Crippen LogP contribution in [0.3, 0.4) is 0 Å². The zero-order chi connectivity index (χ0) is 21.0. The van der Waals surface area contributed by atoms with Crippen molar-refractivity contribution >= 4 is 31.9 Å². The lowest BCUT2D eigenvalue weighted by Gasteiger charge is -2.65. The third kappa shape index (κ3) is 4.12. The summed E-state index contributed by atoms with van der Waals surface area (Å²) in [4.78, 5) is 0. The minimum atomic E-state index is 0.324. The first kappa shape index (κ1) is 21.0. The zero-order valence-electron chi connectivity index (χ0n) is 17.9. The van der Waals surface area contributed by atoms with Gasteiger partial charge in [-0.2, -0.15) is 0 Å². The van der Waals surface area contributed by atoms with Crippen molar-refractivity contribution in [3.05, 3.63) is 62.5 Å². The Kier molecular flexibility index (Phi) is 5.35. The maximum atomic E-state index is 6.10. The van der Waals surface area contributed by atoms with E-state index in [-0.39, 0.29) is 0 Å². The molecule has 2 unspecified atom stereocenters. The molecule has 2 aromatic rings. The van der Waals surface area contributed by atoms with Crippen LogP contribution in [0.5, 0.6) is 5.75 Å². The van der Waals surface area contributed by atoms with Gasteiger partial charge in [0, 0.05) is 12.1 Å². The zero-order valence-corrected chi connectivity index (χ0v) is 21.1. The molecule has 6 rings (SSSR count). The second-order valence-corrected chi connectivity index (χ2v) is 12.6. The van der Waals surface area contributed by atoms with Crippen LogP contribution in [0.1, 0.15) is 63.5 Å². The van der Waals surface area contributed by atoms with E-state index in [0.717, 1.165) is 27.2 Å². The summed E-state index contributed by atoms with van der Waals surface area (Å²) in [6.45, 7) is 6.56. The van der Waals surface area contributed by atoms with Crippen LogP contribution in [0.4, 0.5) is 0 Å². The predicted octanol–water partition coefficient (Wildman–Crippen LogP) is 7.63. The van der Waals surface area contributed by atoms with Gasteiger partial charge in [-0.15, -0.1) is 0 Å². The molecule has 2 nitrogen and oxygen atoms in total. The van der Waals surface area contributed by atoms with E-state index in [0.29, 0.717) is 23.0 Å². The van der Waals surface area contributed by atoms with Gasteiger partial charge in [0.25, 0.3) is 0 Å². The van der Waals surface area contributed by atoms with Gasteiger partial charge in [-0.25, -0.2) is 0 Å². The summed E-state index contributed by atoms with van der Waals surface area (Å²) in [6, 6.07) is 14.7. The van der Waals surface area contributed by atoms with Crippen LogP contribution < -0.4 is 10.1 Å². The van der Waals surface area contributed by atoms with Gasteiger partial charge in [-0.3, -0.25) is 0 Å². The molecule has 4 saturated carbocycles. The molecule has 4 bridgehead atoms. The molecule has 0 radical (unpaired) electrons. The van der Waals surface area contributed by atoms with Crippen LogP contribution >= 0.6 is 31.9 Å². The summed E-state index contributed by atoms with van der Waals surface area (Å²) in [5, 5.41) is 4.04. The van der Waals surface area contributed by atoms with Gasteiger partial charge in [0.1, 0.15) is 12.4 Å². The Morgan fingerprint density at radius 3 is 2.13 bits per heavy atom. The second kappa shape index (κ2) is 7.64. The fraction of sp³-hybridized carbons (Fsp3) is 0.538. The molecule has 0 spiro atoms. The molecule has 4 aliphatic rings. The molecule has 0 heterocycles. The summed E-state index contributed by atoms with van der Waals surface area (Å²) in [7, 11) is 0. The Labute approximate surface area is 197 Å². The summed E-state index contributed by atoms with van der Waals surface area (Å²) in [6.07, 6.45) is 8.34. The van der Waals surface area contributed by atoms with E-state index in [4.69, 9.17) is 4.74 Å². The molecule has 0 amide bonds. The minimum absolute atomic E-state index is 0.324. The fourth-order valence-corrected chi connectivity index (χ4v) is 9.03. The van der Waals surface area contributed by atoms with E-state index in [2.05, 4.69) is 75.3 Å². The number of rotatable bonds is 6. The van der Waals surface area contributed by atoms with Crippen molar-refractivity contribution in [2.45, 2.75) is 71.1 Å². The first-order chi connectivity index (χ1) is 14.3. The Morgan fingerprint density at radius 2 is 1.53 bits per heavy atom. The van der Waals surface area contributed by atoms with E-state index < -0.39 is 0 Å². The second-order valence-electron chi connectivity index (χ2n) is 10.9. The molecule has 2 atom stereocenters. The van der Waals surface area contributed by atoms with Gasteiger partial charge >= 0.3 is 0 Å². The van der Waals surface area contributed by atoms with Gasteiger partial charge in [0.05, 0.1) is 8.95 Å². The quantitative estimate of drug-likeness (QED) is 0.413. The molecule has 0 aliphatic heterocycles. The molecule has 2 aromatic carbocycles. The molecule has 0 saturated heterocycles. The molecular formula is C26H31Br2NO. The Hall–Kier alpha value is -0.840. The van der Waals surface area contributed by atoms with E-state index >= 15 is 0 Å². The normalized spacial score (nSPS) is 34.3. The third-order valence-corrected chi connectivity index (χ3v) is 8.76. The summed E-state index contributed by atoms with van der Waals surface area (Å²) < 4.78 is 8.12. The first-order valence-electron chi connectivity index (χ1n) is 11.2. The highest BCUT2D eigenvalue weighted by molar-refractivity contribution is 9.11. The maximum absolute atomic E-state index is 6.10. The Balaban J connectivity index is 1.28. The van der Waals surface area contributed by atoms with Crippen LogP contribution in [0.15, 0.2) is 51.4 Å². The van der Waals surface area contributed by atoms with Crippen molar-refractivity contribution in [2.24, 2.45) is 16.7 Å².